The number of halogens is 1. The number of alkyl halides is 1. The summed E-state index contributed by atoms with van der Waals surface area (Å²) in [5.74, 6) is -1.27. The molecule has 3 aliphatic carbocycles. The summed E-state index contributed by atoms with van der Waals surface area (Å²) in [7, 11) is 2.91. The highest BCUT2D eigenvalue weighted by atomic mass is 19.1. The summed E-state index contributed by atoms with van der Waals surface area (Å²) in [6.07, 6.45) is 5.40. The molecule has 11 heteroatoms. The molecule has 6 rings (SSSR count). The quantitative estimate of drug-likeness (QED) is 0.437. The van der Waals surface area contributed by atoms with E-state index in [2.05, 4.69) is 26.8 Å². The van der Waals surface area contributed by atoms with E-state index in [0.29, 0.717) is 41.9 Å². The van der Waals surface area contributed by atoms with Crippen molar-refractivity contribution in [2.24, 2.45) is 0 Å². The first-order valence-corrected chi connectivity index (χ1v) is 12.6. The first-order valence-electron chi connectivity index (χ1n) is 12.6. The fraction of sp³-hybridized carbons (Fsp3) is 0.444. The fourth-order valence-corrected chi connectivity index (χ4v) is 5.42. The lowest BCUT2D eigenvalue weighted by molar-refractivity contribution is -0.133. The third-order valence-corrected chi connectivity index (χ3v) is 7.80. The van der Waals surface area contributed by atoms with Crippen molar-refractivity contribution in [3.63, 3.8) is 0 Å². The predicted octanol–water partition coefficient (Wildman–Crippen LogP) is 2.67. The Morgan fingerprint density at radius 1 is 1.18 bits per heavy atom. The number of rotatable bonds is 7. The smallest absolute Gasteiger partial charge is 0.258 e. The largest absolute Gasteiger partial charge is 0.390 e. The van der Waals surface area contributed by atoms with E-state index >= 15 is 0 Å². The maximum atomic E-state index is 14.3. The van der Waals surface area contributed by atoms with Gasteiger partial charge in [0, 0.05) is 25.8 Å². The molecule has 0 aromatic carbocycles. The Morgan fingerprint density at radius 3 is 2.55 bits per heavy atom. The highest BCUT2D eigenvalue weighted by molar-refractivity contribution is 6.00. The lowest BCUT2D eigenvalue weighted by atomic mass is 9.63. The number of nitriles is 1. The van der Waals surface area contributed by atoms with Gasteiger partial charge in [-0.25, -0.2) is 8.91 Å². The van der Waals surface area contributed by atoms with Crippen LogP contribution in [0.15, 0.2) is 36.7 Å². The van der Waals surface area contributed by atoms with Crippen LogP contribution < -0.4 is 10.6 Å². The molecule has 0 spiro atoms. The van der Waals surface area contributed by atoms with Crippen molar-refractivity contribution >= 4 is 23.0 Å². The van der Waals surface area contributed by atoms with Crippen molar-refractivity contribution in [2.45, 2.75) is 55.8 Å². The van der Waals surface area contributed by atoms with Crippen LogP contribution in [0.1, 0.15) is 54.4 Å². The van der Waals surface area contributed by atoms with Crippen LogP contribution >= 0.6 is 0 Å². The Kier molecular flexibility index (Phi) is 6.53. The SMILES string of the molecule is CN(C)C(=O)[C@H](F)CNC(=O)c1cnc(-c2ccc3cc(C#N)cnn23)cc1NC12CCC(O)(CC1)CC2. The van der Waals surface area contributed by atoms with Crippen molar-refractivity contribution in [1.82, 2.24) is 24.8 Å². The minimum absolute atomic E-state index is 0.236. The summed E-state index contributed by atoms with van der Waals surface area (Å²) in [6, 6.07) is 9.26. The fourth-order valence-electron chi connectivity index (χ4n) is 5.42. The number of pyridine rings is 1. The summed E-state index contributed by atoms with van der Waals surface area (Å²) in [5.41, 5.74) is 2.30. The Bertz CT molecular complexity index is 1420. The molecule has 3 aromatic rings. The first-order chi connectivity index (χ1) is 18.1. The molecular formula is C27H30FN7O3. The van der Waals surface area contributed by atoms with Crippen molar-refractivity contribution in [3.8, 4) is 17.5 Å². The van der Waals surface area contributed by atoms with Crippen LogP contribution in [0.3, 0.4) is 0 Å². The van der Waals surface area contributed by atoms with Crippen LogP contribution in [0.25, 0.3) is 16.9 Å². The monoisotopic (exact) mass is 519 g/mol. The van der Waals surface area contributed by atoms with E-state index in [0.717, 1.165) is 29.7 Å². The number of hydrogen-bond donors (Lipinski definition) is 3. The number of aliphatic hydroxyl groups is 1. The third kappa shape index (κ3) is 4.79. The zero-order chi connectivity index (χ0) is 27.1. The molecule has 2 bridgehead atoms. The van der Waals surface area contributed by atoms with Crippen LogP contribution in [-0.4, -0.2) is 74.4 Å². The van der Waals surface area contributed by atoms with E-state index in [1.165, 1.54) is 26.5 Å². The summed E-state index contributed by atoms with van der Waals surface area (Å²) in [6.45, 7) is -0.455. The van der Waals surface area contributed by atoms with Gasteiger partial charge in [-0.1, -0.05) is 0 Å². The second-order valence-electron chi connectivity index (χ2n) is 10.6. The Morgan fingerprint density at radius 2 is 1.89 bits per heavy atom. The van der Waals surface area contributed by atoms with Crippen LogP contribution in [-0.2, 0) is 4.79 Å². The number of nitrogens with one attached hydrogen (secondary N) is 2. The van der Waals surface area contributed by atoms with E-state index in [1.54, 1.807) is 16.6 Å². The molecule has 3 aromatic heterocycles. The van der Waals surface area contributed by atoms with Gasteiger partial charge in [-0.05, 0) is 62.8 Å². The Hall–Kier alpha value is -4.04. The topological polar surface area (TPSA) is 136 Å². The predicted molar refractivity (Wildman–Crippen MR) is 138 cm³/mol. The van der Waals surface area contributed by atoms with Gasteiger partial charge in [0.25, 0.3) is 11.8 Å². The highest BCUT2D eigenvalue weighted by Gasteiger charge is 2.48. The Balaban J connectivity index is 1.47. The molecule has 0 aliphatic heterocycles. The molecule has 3 fully saturated rings. The minimum atomic E-state index is -1.86. The summed E-state index contributed by atoms with van der Waals surface area (Å²) >= 11 is 0. The van der Waals surface area contributed by atoms with Gasteiger partial charge in [-0.3, -0.25) is 14.6 Å². The molecule has 38 heavy (non-hydrogen) atoms. The van der Waals surface area contributed by atoms with Crippen molar-refractivity contribution < 1.29 is 19.1 Å². The van der Waals surface area contributed by atoms with Gasteiger partial charge in [0.15, 0.2) is 6.17 Å². The van der Waals surface area contributed by atoms with Crippen LogP contribution in [0.4, 0.5) is 10.1 Å². The Labute approximate surface area is 219 Å². The number of fused-ring (bicyclic) bond motifs is 4. The summed E-state index contributed by atoms with van der Waals surface area (Å²) in [5, 5.41) is 30.3. The van der Waals surface area contributed by atoms with Gasteiger partial charge in [-0.15, -0.1) is 0 Å². The summed E-state index contributed by atoms with van der Waals surface area (Å²) in [4.78, 5) is 30.7. The van der Waals surface area contributed by atoms with E-state index in [-0.39, 0.29) is 11.1 Å². The molecule has 3 heterocycles. The molecular weight excluding hydrogens is 489 g/mol. The van der Waals surface area contributed by atoms with Gasteiger partial charge in [0.05, 0.1) is 52.1 Å². The van der Waals surface area contributed by atoms with Gasteiger partial charge in [0.1, 0.15) is 6.07 Å². The van der Waals surface area contributed by atoms with Crippen LogP contribution in [0.2, 0.25) is 0 Å². The molecule has 198 valence electrons. The molecule has 3 N–H and O–H groups in total. The number of carbonyl (C=O) groups is 2. The molecule has 2 amide bonds. The van der Waals surface area contributed by atoms with Gasteiger partial charge >= 0.3 is 0 Å². The van der Waals surface area contributed by atoms with Gasteiger partial charge in [-0.2, -0.15) is 10.4 Å². The lowest BCUT2D eigenvalue weighted by Gasteiger charge is -2.51. The molecule has 3 saturated carbocycles. The number of anilines is 1. The number of aromatic nitrogens is 3. The maximum absolute atomic E-state index is 14.3. The first kappa shape index (κ1) is 25.6. The van der Waals surface area contributed by atoms with Crippen molar-refractivity contribution in [3.05, 3.63) is 47.8 Å². The molecule has 0 radical (unpaired) electrons. The average molecular weight is 520 g/mol. The molecule has 1 atom stereocenters. The average Bonchev–Trinajstić information content (AvgIpc) is 3.35. The number of hydrogen-bond acceptors (Lipinski definition) is 7. The number of nitrogens with zero attached hydrogens (tertiary/aromatic N) is 5. The number of amides is 2. The second kappa shape index (κ2) is 9.68. The molecule has 0 saturated heterocycles. The van der Waals surface area contributed by atoms with Crippen molar-refractivity contribution in [1.29, 1.82) is 5.26 Å². The molecule has 10 nitrogen and oxygen atoms in total. The zero-order valence-electron chi connectivity index (χ0n) is 21.4. The van der Waals surface area contributed by atoms with Crippen molar-refractivity contribution in [2.75, 3.05) is 26.0 Å². The molecule has 3 aliphatic rings. The van der Waals surface area contributed by atoms with E-state index < -0.39 is 30.1 Å². The van der Waals surface area contributed by atoms with E-state index in [9.17, 15) is 24.3 Å². The standard InChI is InChI=1S/C27H30FN7O3/c1-34(2)25(37)20(28)16-31-24(36)19-15-30-22(23-4-3-18-11-17(13-29)14-32-35(18)23)12-21(19)33-26-5-8-27(38,9-6-26)10-7-26/h3-4,11-12,14-15,20,38H,5-10,16H2,1-2H3,(H,30,33)(H,31,36)/t20-,26?,27?/m1/s1. The van der Waals surface area contributed by atoms with Crippen LogP contribution in [0.5, 0.6) is 0 Å². The van der Waals surface area contributed by atoms with E-state index in [4.69, 9.17) is 0 Å². The third-order valence-electron chi connectivity index (χ3n) is 7.80. The zero-order valence-corrected chi connectivity index (χ0v) is 21.4. The van der Waals surface area contributed by atoms with Gasteiger partial charge in [0.2, 0.25) is 0 Å². The van der Waals surface area contributed by atoms with Crippen LogP contribution in [0, 0.1) is 11.3 Å². The van der Waals surface area contributed by atoms with Gasteiger partial charge < -0.3 is 20.6 Å². The second-order valence-corrected chi connectivity index (χ2v) is 10.6. The highest BCUT2D eigenvalue weighted by Crippen LogP contribution is 2.48. The maximum Gasteiger partial charge on any atom is 0.258 e. The lowest BCUT2D eigenvalue weighted by Crippen LogP contribution is -2.54. The summed E-state index contributed by atoms with van der Waals surface area (Å²) < 4.78 is 16.0. The molecule has 0 unspecified atom stereocenters. The normalized spacial score (nSPS) is 23.0. The van der Waals surface area contributed by atoms with E-state index in [1.807, 2.05) is 12.1 Å². The minimum Gasteiger partial charge on any atom is -0.390 e. The number of carbonyl (C=O) groups excluding carboxylic acids is 2.